The lowest BCUT2D eigenvalue weighted by Gasteiger charge is -2.10. The maximum atomic E-state index is 12.0. The monoisotopic (exact) mass is 452 g/mol. The van der Waals surface area contributed by atoms with E-state index in [-0.39, 0.29) is 12.5 Å². The molecule has 7 heteroatoms. The molecular weight excluding hydrogens is 435 g/mol. The minimum absolute atomic E-state index is 0.232. The van der Waals surface area contributed by atoms with Crippen molar-refractivity contribution < 1.29 is 19.1 Å². The quantitative estimate of drug-likeness (QED) is 0.500. The molecule has 2 aromatic rings. The molecule has 130 valence electrons. The van der Waals surface area contributed by atoms with Gasteiger partial charge in [-0.25, -0.2) is 0 Å². The van der Waals surface area contributed by atoms with E-state index in [9.17, 15) is 9.59 Å². The Bertz CT molecular complexity index is 788. The fourth-order valence-corrected chi connectivity index (χ4v) is 2.30. The van der Waals surface area contributed by atoms with Crippen LogP contribution in [-0.4, -0.2) is 25.5 Å². The fraction of sp³-hybridized carbons (Fsp3) is 0.111. The number of nitrogens with one attached hydrogen (secondary N) is 1. The van der Waals surface area contributed by atoms with Crippen LogP contribution in [0.3, 0.4) is 0 Å². The number of ether oxygens (including phenoxy) is 2. The van der Waals surface area contributed by atoms with Crippen LogP contribution in [0, 0.1) is 3.57 Å². The minimum atomic E-state index is -0.571. The van der Waals surface area contributed by atoms with Crippen LogP contribution in [0.15, 0.2) is 48.5 Å². The topological polar surface area (TPSA) is 90.7 Å². The highest BCUT2D eigenvalue weighted by Crippen LogP contribution is 2.28. The van der Waals surface area contributed by atoms with Gasteiger partial charge in [0.15, 0.2) is 18.1 Å². The van der Waals surface area contributed by atoms with Gasteiger partial charge in [-0.2, -0.15) is 0 Å². The summed E-state index contributed by atoms with van der Waals surface area (Å²) in [7, 11) is 1.49. The predicted molar refractivity (Wildman–Crippen MR) is 105 cm³/mol. The SMILES string of the molecule is COc1cc(/C=C/C(=O)Nc2ccc(I)cc2)ccc1OCC(N)=O. The second-order valence-corrected chi connectivity index (χ2v) is 6.24. The lowest BCUT2D eigenvalue weighted by atomic mass is 10.2. The number of carbonyl (C=O) groups is 2. The zero-order valence-electron chi connectivity index (χ0n) is 13.5. The number of primary amides is 1. The summed E-state index contributed by atoms with van der Waals surface area (Å²) in [5, 5.41) is 2.78. The lowest BCUT2D eigenvalue weighted by molar-refractivity contribution is -0.120. The summed E-state index contributed by atoms with van der Waals surface area (Å²) < 4.78 is 11.6. The van der Waals surface area contributed by atoms with Crippen LogP contribution in [0.1, 0.15) is 5.56 Å². The molecule has 6 nitrogen and oxygen atoms in total. The molecule has 0 fully saturated rings. The molecule has 3 N–H and O–H groups in total. The van der Waals surface area contributed by atoms with E-state index in [2.05, 4.69) is 27.9 Å². The van der Waals surface area contributed by atoms with Crippen molar-refractivity contribution >= 4 is 46.2 Å². The molecule has 2 rings (SSSR count). The van der Waals surface area contributed by atoms with Gasteiger partial charge in [0.1, 0.15) is 0 Å². The Morgan fingerprint density at radius 2 is 1.88 bits per heavy atom. The van der Waals surface area contributed by atoms with Crippen molar-refractivity contribution in [1.29, 1.82) is 0 Å². The third-order valence-corrected chi connectivity index (χ3v) is 3.82. The molecule has 0 aliphatic heterocycles. The average molecular weight is 452 g/mol. The van der Waals surface area contributed by atoms with Crippen LogP contribution in [-0.2, 0) is 9.59 Å². The molecule has 0 bridgehead atoms. The van der Waals surface area contributed by atoms with Gasteiger partial charge in [-0.15, -0.1) is 0 Å². The molecule has 25 heavy (non-hydrogen) atoms. The third kappa shape index (κ3) is 6.11. The Hall–Kier alpha value is -2.55. The molecule has 2 amide bonds. The zero-order valence-corrected chi connectivity index (χ0v) is 15.6. The number of halogens is 1. The number of benzene rings is 2. The van der Waals surface area contributed by atoms with Crippen LogP contribution < -0.4 is 20.5 Å². The molecule has 0 saturated carbocycles. The van der Waals surface area contributed by atoms with Gasteiger partial charge in [0.05, 0.1) is 7.11 Å². The van der Waals surface area contributed by atoms with Gasteiger partial charge in [0.2, 0.25) is 5.91 Å². The molecule has 0 heterocycles. The van der Waals surface area contributed by atoms with Crippen LogP contribution in [0.2, 0.25) is 0 Å². The Morgan fingerprint density at radius 3 is 2.52 bits per heavy atom. The molecule has 0 aliphatic carbocycles. The molecule has 2 aromatic carbocycles. The van der Waals surface area contributed by atoms with Gasteiger partial charge < -0.3 is 20.5 Å². The number of methoxy groups -OCH3 is 1. The number of hydrogen-bond acceptors (Lipinski definition) is 4. The highest BCUT2D eigenvalue weighted by Gasteiger charge is 2.06. The van der Waals surface area contributed by atoms with Crippen LogP contribution in [0.4, 0.5) is 5.69 Å². The second-order valence-electron chi connectivity index (χ2n) is 4.99. The van der Waals surface area contributed by atoms with Crippen LogP contribution in [0.25, 0.3) is 6.08 Å². The molecule has 0 radical (unpaired) electrons. The van der Waals surface area contributed by atoms with Gasteiger partial charge in [0.25, 0.3) is 5.91 Å². The summed E-state index contributed by atoms with van der Waals surface area (Å²) in [4.78, 5) is 22.7. The van der Waals surface area contributed by atoms with Crippen molar-refractivity contribution in [3.8, 4) is 11.5 Å². The van der Waals surface area contributed by atoms with Gasteiger partial charge in [-0.1, -0.05) is 6.07 Å². The standard InChI is InChI=1S/C18H17IN2O4/c1-24-16-10-12(2-8-15(16)25-11-17(20)22)3-9-18(23)21-14-6-4-13(19)5-7-14/h2-10H,11H2,1H3,(H2,20,22)(H,21,23)/b9-3+. The fourth-order valence-electron chi connectivity index (χ4n) is 1.95. The molecule has 0 saturated heterocycles. The summed E-state index contributed by atoms with van der Waals surface area (Å²) in [6.45, 7) is -0.232. The Kier molecular flexibility index (Phi) is 6.81. The highest BCUT2D eigenvalue weighted by molar-refractivity contribution is 14.1. The first-order chi connectivity index (χ1) is 12.0. The zero-order chi connectivity index (χ0) is 18.2. The number of rotatable bonds is 7. The van der Waals surface area contributed by atoms with Crippen LogP contribution in [0.5, 0.6) is 11.5 Å². The Labute approximate surface area is 159 Å². The smallest absolute Gasteiger partial charge is 0.255 e. The van der Waals surface area contributed by atoms with Crippen molar-refractivity contribution in [2.45, 2.75) is 0 Å². The maximum Gasteiger partial charge on any atom is 0.255 e. The van der Waals surface area contributed by atoms with Gasteiger partial charge >= 0.3 is 0 Å². The first kappa shape index (κ1) is 18.8. The van der Waals surface area contributed by atoms with Crippen molar-refractivity contribution in [3.05, 3.63) is 57.7 Å². The van der Waals surface area contributed by atoms with E-state index in [4.69, 9.17) is 15.2 Å². The van der Waals surface area contributed by atoms with E-state index in [0.717, 1.165) is 14.8 Å². The number of amides is 2. The number of hydrogen-bond donors (Lipinski definition) is 2. The van der Waals surface area contributed by atoms with Crippen molar-refractivity contribution in [2.24, 2.45) is 5.73 Å². The summed E-state index contributed by atoms with van der Waals surface area (Å²) in [6, 6.07) is 12.6. The first-order valence-corrected chi connectivity index (χ1v) is 8.39. The molecule has 0 spiro atoms. The number of nitrogens with two attached hydrogens (primary N) is 1. The summed E-state index contributed by atoms with van der Waals surface area (Å²) in [5.74, 6) is 0.0377. The summed E-state index contributed by atoms with van der Waals surface area (Å²) in [5.41, 5.74) is 6.53. The minimum Gasteiger partial charge on any atom is -0.493 e. The van der Waals surface area contributed by atoms with Crippen LogP contribution >= 0.6 is 22.6 Å². The largest absolute Gasteiger partial charge is 0.493 e. The van der Waals surface area contributed by atoms with E-state index in [0.29, 0.717) is 11.5 Å². The highest BCUT2D eigenvalue weighted by atomic mass is 127. The summed E-state index contributed by atoms with van der Waals surface area (Å²) in [6.07, 6.45) is 3.08. The molecule has 0 atom stereocenters. The second kappa shape index (κ2) is 9.07. The van der Waals surface area contributed by atoms with E-state index in [1.807, 2.05) is 24.3 Å². The van der Waals surface area contributed by atoms with E-state index in [1.54, 1.807) is 24.3 Å². The van der Waals surface area contributed by atoms with E-state index < -0.39 is 5.91 Å². The number of carbonyl (C=O) groups excluding carboxylic acids is 2. The van der Waals surface area contributed by atoms with Crippen molar-refractivity contribution in [1.82, 2.24) is 0 Å². The molecule has 0 unspecified atom stereocenters. The number of anilines is 1. The Morgan fingerprint density at radius 1 is 1.16 bits per heavy atom. The van der Waals surface area contributed by atoms with Gasteiger partial charge in [-0.3, -0.25) is 9.59 Å². The molecular formula is C18H17IN2O4. The predicted octanol–water partition coefficient (Wildman–Crippen LogP) is 2.82. The van der Waals surface area contributed by atoms with Crippen molar-refractivity contribution in [3.63, 3.8) is 0 Å². The average Bonchev–Trinajstić information content (AvgIpc) is 2.60. The third-order valence-electron chi connectivity index (χ3n) is 3.10. The van der Waals surface area contributed by atoms with E-state index in [1.165, 1.54) is 13.2 Å². The molecule has 0 aliphatic rings. The Balaban J connectivity index is 2.03. The normalized spacial score (nSPS) is 10.5. The van der Waals surface area contributed by atoms with Crippen molar-refractivity contribution in [2.75, 3.05) is 19.0 Å². The summed E-state index contributed by atoms with van der Waals surface area (Å²) >= 11 is 2.20. The maximum absolute atomic E-state index is 12.0. The molecule has 0 aromatic heterocycles. The lowest BCUT2D eigenvalue weighted by Crippen LogP contribution is -2.20. The van der Waals surface area contributed by atoms with Gasteiger partial charge in [-0.05, 0) is 70.6 Å². The van der Waals surface area contributed by atoms with E-state index >= 15 is 0 Å². The van der Waals surface area contributed by atoms with Gasteiger partial charge in [0, 0.05) is 15.3 Å². The first-order valence-electron chi connectivity index (χ1n) is 7.31.